The van der Waals surface area contributed by atoms with Gasteiger partial charge in [0.15, 0.2) is 0 Å². The van der Waals surface area contributed by atoms with E-state index in [1.165, 1.54) is 0 Å². The molecule has 0 aliphatic carbocycles. The van der Waals surface area contributed by atoms with Gasteiger partial charge in [0.2, 0.25) is 5.91 Å². The van der Waals surface area contributed by atoms with Gasteiger partial charge in [0.25, 0.3) is 0 Å². The average molecular weight is 232 g/mol. The number of hydrogen-bond donors (Lipinski definition) is 1. The van der Waals surface area contributed by atoms with Crippen LogP contribution in [0.25, 0.3) is 0 Å². The maximum atomic E-state index is 12.0. The second-order valence-electron chi connectivity index (χ2n) is 3.96. The van der Waals surface area contributed by atoms with E-state index in [-0.39, 0.29) is 17.9 Å². The van der Waals surface area contributed by atoms with Crippen LogP contribution < -0.4 is 5.73 Å². The van der Waals surface area contributed by atoms with Gasteiger partial charge in [-0.2, -0.15) is 0 Å². The Labute approximate surface area is 97.9 Å². The van der Waals surface area contributed by atoms with Gasteiger partial charge >= 0.3 is 0 Å². The average Bonchev–Trinajstić information content (AvgIpc) is 2.27. The van der Waals surface area contributed by atoms with Crippen LogP contribution >= 0.6 is 0 Å². The highest BCUT2D eigenvalue weighted by atomic mass is 16.5. The number of amides is 1. The van der Waals surface area contributed by atoms with E-state index >= 15 is 0 Å². The van der Waals surface area contributed by atoms with Crippen molar-refractivity contribution < 1.29 is 14.3 Å². The molecule has 0 aromatic heterocycles. The minimum absolute atomic E-state index is 0.0594. The number of rotatable bonds is 8. The molecule has 0 aromatic carbocycles. The van der Waals surface area contributed by atoms with Crippen LogP contribution in [0.2, 0.25) is 0 Å². The predicted molar refractivity (Wildman–Crippen MR) is 63.1 cm³/mol. The summed E-state index contributed by atoms with van der Waals surface area (Å²) in [6, 6.07) is -0.139. The van der Waals surface area contributed by atoms with E-state index in [2.05, 4.69) is 0 Å². The number of nitrogens with zero attached hydrogens (tertiary/aromatic N) is 1. The van der Waals surface area contributed by atoms with Gasteiger partial charge in [0, 0.05) is 33.4 Å². The van der Waals surface area contributed by atoms with Gasteiger partial charge in [-0.3, -0.25) is 4.79 Å². The molecule has 96 valence electrons. The first-order valence-electron chi connectivity index (χ1n) is 5.56. The largest absolute Gasteiger partial charge is 0.383 e. The molecule has 0 rings (SSSR count). The fourth-order valence-electron chi connectivity index (χ4n) is 1.25. The third kappa shape index (κ3) is 5.44. The Morgan fingerprint density at radius 2 is 1.62 bits per heavy atom. The summed E-state index contributed by atoms with van der Waals surface area (Å²) in [7, 11) is 3.24. The van der Waals surface area contributed by atoms with E-state index in [4.69, 9.17) is 15.2 Å². The van der Waals surface area contributed by atoms with Crippen LogP contribution in [0, 0.1) is 5.92 Å². The molecule has 16 heavy (non-hydrogen) atoms. The molecular weight excluding hydrogens is 208 g/mol. The molecule has 0 heterocycles. The fraction of sp³-hybridized carbons (Fsp3) is 0.909. The molecule has 1 amide bonds. The Hall–Kier alpha value is -0.650. The standard InChI is InChI=1S/C11H24N2O3/c1-9(10(2)12)11(14)13(5-7-15-3)6-8-16-4/h9-10H,5-8,12H2,1-4H3. The number of carbonyl (C=O) groups excluding carboxylic acids is 1. The predicted octanol–water partition coefficient (Wildman–Crippen LogP) is 0.0911. The summed E-state index contributed by atoms with van der Waals surface area (Å²) < 4.78 is 9.95. The van der Waals surface area contributed by atoms with Crippen molar-refractivity contribution in [3.8, 4) is 0 Å². The molecule has 5 nitrogen and oxygen atoms in total. The Morgan fingerprint density at radius 1 is 1.19 bits per heavy atom. The topological polar surface area (TPSA) is 64.8 Å². The molecule has 0 fully saturated rings. The number of nitrogens with two attached hydrogens (primary N) is 1. The zero-order valence-corrected chi connectivity index (χ0v) is 10.7. The van der Waals surface area contributed by atoms with Crippen LogP contribution in [0.15, 0.2) is 0 Å². The van der Waals surface area contributed by atoms with E-state index in [0.717, 1.165) is 0 Å². The lowest BCUT2D eigenvalue weighted by molar-refractivity contribution is -0.136. The van der Waals surface area contributed by atoms with Gasteiger partial charge in [0.1, 0.15) is 0 Å². The smallest absolute Gasteiger partial charge is 0.227 e. The second-order valence-corrected chi connectivity index (χ2v) is 3.96. The molecule has 2 atom stereocenters. The van der Waals surface area contributed by atoms with Crippen LogP contribution in [-0.2, 0) is 14.3 Å². The molecule has 0 aromatic rings. The third-order valence-corrected chi connectivity index (χ3v) is 2.62. The first-order chi connectivity index (χ1) is 7.54. The van der Waals surface area contributed by atoms with Crippen molar-refractivity contribution in [2.24, 2.45) is 11.7 Å². The summed E-state index contributed by atoms with van der Waals surface area (Å²) in [5.74, 6) is -0.113. The van der Waals surface area contributed by atoms with Crippen LogP contribution in [0.4, 0.5) is 0 Å². The highest BCUT2D eigenvalue weighted by Crippen LogP contribution is 2.06. The molecule has 2 N–H and O–H groups in total. The van der Waals surface area contributed by atoms with Crippen molar-refractivity contribution in [3.63, 3.8) is 0 Å². The highest BCUT2D eigenvalue weighted by molar-refractivity contribution is 5.79. The van der Waals surface area contributed by atoms with Crippen molar-refractivity contribution in [1.82, 2.24) is 4.90 Å². The van der Waals surface area contributed by atoms with Gasteiger partial charge in [-0.05, 0) is 6.92 Å². The molecule has 0 aliphatic rings. The van der Waals surface area contributed by atoms with E-state index < -0.39 is 0 Å². The van der Waals surface area contributed by atoms with Gasteiger partial charge < -0.3 is 20.1 Å². The van der Waals surface area contributed by atoms with Gasteiger partial charge in [0.05, 0.1) is 19.1 Å². The molecule has 5 heteroatoms. The quantitative estimate of drug-likeness (QED) is 0.644. The van der Waals surface area contributed by atoms with Gasteiger partial charge in [-0.1, -0.05) is 6.92 Å². The second kappa shape index (κ2) is 8.50. The molecular formula is C11H24N2O3. The molecule has 0 bridgehead atoms. The molecule has 0 aliphatic heterocycles. The minimum Gasteiger partial charge on any atom is -0.383 e. The summed E-state index contributed by atoms with van der Waals surface area (Å²) in [6.45, 7) is 5.90. The van der Waals surface area contributed by atoms with Gasteiger partial charge in [-0.25, -0.2) is 0 Å². The van der Waals surface area contributed by atoms with Crippen LogP contribution in [0.3, 0.4) is 0 Å². The van der Waals surface area contributed by atoms with Crippen LogP contribution in [-0.4, -0.2) is 57.4 Å². The van der Waals surface area contributed by atoms with E-state index in [0.29, 0.717) is 26.3 Å². The zero-order chi connectivity index (χ0) is 12.6. The highest BCUT2D eigenvalue weighted by Gasteiger charge is 2.22. The van der Waals surface area contributed by atoms with Crippen LogP contribution in [0.5, 0.6) is 0 Å². The number of ether oxygens (including phenoxy) is 2. The maximum absolute atomic E-state index is 12.0. The summed E-state index contributed by atoms with van der Waals surface area (Å²) in [5.41, 5.74) is 5.72. The lowest BCUT2D eigenvalue weighted by atomic mass is 10.0. The van der Waals surface area contributed by atoms with Gasteiger partial charge in [-0.15, -0.1) is 0 Å². The molecule has 0 radical (unpaired) electrons. The van der Waals surface area contributed by atoms with Crippen molar-refractivity contribution in [2.75, 3.05) is 40.5 Å². The molecule has 0 saturated heterocycles. The van der Waals surface area contributed by atoms with Crippen molar-refractivity contribution >= 4 is 5.91 Å². The lowest BCUT2D eigenvalue weighted by Crippen LogP contribution is -2.44. The maximum Gasteiger partial charge on any atom is 0.227 e. The SMILES string of the molecule is COCCN(CCOC)C(=O)C(C)C(C)N. The zero-order valence-electron chi connectivity index (χ0n) is 10.7. The first kappa shape index (κ1) is 15.3. The summed E-state index contributed by atoms with van der Waals surface area (Å²) >= 11 is 0. The Morgan fingerprint density at radius 3 is 1.94 bits per heavy atom. The Balaban J connectivity index is 4.29. The van der Waals surface area contributed by atoms with E-state index in [9.17, 15) is 4.79 Å². The van der Waals surface area contributed by atoms with Crippen molar-refractivity contribution in [2.45, 2.75) is 19.9 Å². The van der Waals surface area contributed by atoms with Crippen molar-refractivity contribution in [3.05, 3.63) is 0 Å². The van der Waals surface area contributed by atoms with Crippen LogP contribution in [0.1, 0.15) is 13.8 Å². The lowest BCUT2D eigenvalue weighted by Gasteiger charge is -2.26. The van der Waals surface area contributed by atoms with E-state index in [1.54, 1.807) is 19.1 Å². The molecule has 0 saturated carbocycles. The minimum atomic E-state index is -0.172. The normalized spacial score (nSPS) is 14.6. The number of methoxy groups -OCH3 is 2. The van der Waals surface area contributed by atoms with Crippen molar-refractivity contribution in [1.29, 1.82) is 0 Å². The first-order valence-corrected chi connectivity index (χ1v) is 5.56. The summed E-state index contributed by atoms with van der Waals surface area (Å²) in [6.07, 6.45) is 0. The number of carbonyl (C=O) groups is 1. The Bertz CT molecular complexity index is 190. The third-order valence-electron chi connectivity index (χ3n) is 2.62. The monoisotopic (exact) mass is 232 g/mol. The number of hydrogen-bond acceptors (Lipinski definition) is 4. The Kier molecular flexibility index (Phi) is 8.15. The summed E-state index contributed by atoms with van der Waals surface area (Å²) in [5, 5.41) is 0. The molecule has 2 unspecified atom stereocenters. The summed E-state index contributed by atoms with van der Waals surface area (Å²) in [4.78, 5) is 13.8. The molecule has 0 spiro atoms. The fourth-order valence-corrected chi connectivity index (χ4v) is 1.25. The van der Waals surface area contributed by atoms with E-state index in [1.807, 2.05) is 13.8 Å².